The molecule has 1 atom stereocenters. The lowest BCUT2D eigenvalue weighted by molar-refractivity contribution is -0.143. The molecule has 5 heteroatoms. The SMILES string of the molecule is CCOC(=O)CCCCCC(c1ccc(F)cc1)c1c(C)c(Cl)c(C)c(C)c1O. The molecule has 158 valence electrons. The summed E-state index contributed by atoms with van der Waals surface area (Å²) in [5.41, 5.74) is 4.24. The van der Waals surface area contributed by atoms with E-state index in [1.807, 2.05) is 20.8 Å². The van der Waals surface area contributed by atoms with Crippen LogP contribution in [0.2, 0.25) is 5.02 Å². The molecule has 0 saturated heterocycles. The maximum absolute atomic E-state index is 13.5. The lowest BCUT2D eigenvalue weighted by Gasteiger charge is -2.24. The number of carbonyl (C=O) groups is 1. The molecule has 0 fully saturated rings. The number of ether oxygens (including phenoxy) is 1. The van der Waals surface area contributed by atoms with E-state index in [-0.39, 0.29) is 23.5 Å². The van der Waals surface area contributed by atoms with Crippen molar-refractivity contribution >= 4 is 17.6 Å². The summed E-state index contributed by atoms with van der Waals surface area (Å²) in [6.45, 7) is 7.88. The number of phenols is 1. The van der Waals surface area contributed by atoms with Crippen molar-refractivity contribution in [2.75, 3.05) is 6.61 Å². The van der Waals surface area contributed by atoms with Crippen LogP contribution in [0.5, 0.6) is 5.75 Å². The highest BCUT2D eigenvalue weighted by Gasteiger charge is 2.24. The fourth-order valence-corrected chi connectivity index (χ4v) is 3.99. The molecule has 0 aromatic heterocycles. The van der Waals surface area contributed by atoms with E-state index in [9.17, 15) is 14.3 Å². The van der Waals surface area contributed by atoms with Crippen LogP contribution in [0.3, 0.4) is 0 Å². The van der Waals surface area contributed by atoms with Gasteiger partial charge in [0.15, 0.2) is 0 Å². The smallest absolute Gasteiger partial charge is 0.305 e. The topological polar surface area (TPSA) is 46.5 Å². The molecule has 2 rings (SSSR count). The van der Waals surface area contributed by atoms with Gasteiger partial charge >= 0.3 is 5.97 Å². The number of benzene rings is 2. The molecule has 0 heterocycles. The normalized spacial score (nSPS) is 12.1. The average molecular weight is 421 g/mol. The third kappa shape index (κ3) is 5.72. The molecule has 2 aromatic carbocycles. The van der Waals surface area contributed by atoms with Crippen molar-refractivity contribution in [2.45, 2.75) is 65.7 Å². The van der Waals surface area contributed by atoms with Crippen molar-refractivity contribution in [3.05, 3.63) is 62.9 Å². The number of hydrogen-bond acceptors (Lipinski definition) is 3. The highest BCUT2D eigenvalue weighted by atomic mass is 35.5. The van der Waals surface area contributed by atoms with Crippen LogP contribution in [0.4, 0.5) is 4.39 Å². The molecule has 0 aliphatic heterocycles. The van der Waals surface area contributed by atoms with E-state index < -0.39 is 0 Å². The fourth-order valence-electron chi connectivity index (χ4n) is 3.75. The first-order chi connectivity index (χ1) is 13.8. The van der Waals surface area contributed by atoms with E-state index in [1.54, 1.807) is 19.1 Å². The maximum Gasteiger partial charge on any atom is 0.305 e. The Morgan fingerprint density at radius 2 is 1.72 bits per heavy atom. The first-order valence-corrected chi connectivity index (χ1v) is 10.5. The Balaban J connectivity index is 2.26. The van der Waals surface area contributed by atoms with Crippen LogP contribution in [0.15, 0.2) is 24.3 Å². The molecule has 0 aliphatic carbocycles. The Bertz CT molecular complexity index is 817. The number of unbranched alkanes of at least 4 members (excludes halogenated alkanes) is 2. The first kappa shape index (κ1) is 23.2. The largest absolute Gasteiger partial charge is 0.507 e. The van der Waals surface area contributed by atoms with E-state index >= 15 is 0 Å². The number of phenolic OH excluding ortho intramolecular Hbond substituents is 1. The Morgan fingerprint density at radius 1 is 1.07 bits per heavy atom. The molecule has 1 unspecified atom stereocenters. The van der Waals surface area contributed by atoms with E-state index in [0.29, 0.717) is 18.1 Å². The Kier molecular flexibility index (Phi) is 8.51. The third-order valence-corrected chi connectivity index (χ3v) is 6.10. The van der Waals surface area contributed by atoms with E-state index in [1.165, 1.54) is 12.1 Å². The molecule has 3 nitrogen and oxygen atoms in total. The lowest BCUT2D eigenvalue weighted by Crippen LogP contribution is -2.07. The zero-order valence-electron chi connectivity index (χ0n) is 17.6. The Hall–Kier alpha value is -2.07. The highest BCUT2D eigenvalue weighted by Crippen LogP contribution is 2.43. The Labute approximate surface area is 177 Å². The summed E-state index contributed by atoms with van der Waals surface area (Å²) in [6, 6.07) is 6.41. The summed E-state index contributed by atoms with van der Waals surface area (Å²) >= 11 is 6.54. The summed E-state index contributed by atoms with van der Waals surface area (Å²) in [5, 5.41) is 11.6. The van der Waals surface area contributed by atoms with Crippen molar-refractivity contribution < 1.29 is 19.0 Å². The van der Waals surface area contributed by atoms with Crippen molar-refractivity contribution in [3.8, 4) is 5.75 Å². The number of hydrogen-bond donors (Lipinski definition) is 1. The quantitative estimate of drug-likeness (QED) is 0.360. The summed E-state index contributed by atoms with van der Waals surface area (Å²) < 4.78 is 18.4. The number of aromatic hydroxyl groups is 1. The minimum absolute atomic E-state index is 0.102. The second kappa shape index (κ2) is 10.6. The van der Waals surface area contributed by atoms with Gasteiger partial charge in [-0.15, -0.1) is 0 Å². The van der Waals surface area contributed by atoms with Crippen LogP contribution in [-0.2, 0) is 9.53 Å². The first-order valence-electron chi connectivity index (χ1n) is 10.2. The summed E-state index contributed by atoms with van der Waals surface area (Å²) in [6.07, 6.45) is 3.67. The molecule has 2 aromatic rings. The minimum Gasteiger partial charge on any atom is -0.507 e. The minimum atomic E-state index is -0.291. The molecular formula is C24H30ClFO3. The van der Waals surface area contributed by atoms with Crippen molar-refractivity contribution in [1.82, 2.24) is 0 Å². The molecule has 0 amide bonds. The monoisotopic (exact) mass is 420 g/mol. The lowest BCUT2D eigenvalue weighted by atomic mass is 9.82. The second-order valence-corrected chi connectivity index (χ2v) is 7.84. The summed E-state index contributed by atoms with van der Waals surface area (Å²) in [4.78, 5) is 11.5. The van der Waals surface area contributed by atoms with Crippen molar-refractivity contribution in [2.24, 2.45) is 0 Å². The predicted octanol–water partition coefficient (Wildman–Crippen LogP) is 6.76. The van der Waals surface area contributed by atoms with Crippen molar-refractivity contribution in [1.29, 1.82) is 0 Å². The fraction of sp³-hybridized carbons (Fsp3) is 0.458. The highest BCUT2D eigenvalue weighted by molar-refractivity contribution is 6.32. The van der Waals surface area contributed by atoms with Gasteiger partial charge < -0.3 is 9.84 Å². The standard InChI is InChI=1S/C24H30ClFO3/c1-5-29-21(27)10-8-6-7-9-20(18-11-13-19(26)14-12-18)22-17(4)23(25)15(2)16(3)24(22)28/h11-14,20,28H,5-10H2,1-4H3. The van der Waals surface area contributed by atoms with Gasteiger partial charge in [-0.05, 0) is 74.9 Å². The molecule has 0 aliphatic rings. The van der Waals surface area contributed by atoms with Gasteiger partial charge in [0.2, 0.25) is 0 Å². The van der Waals surface area contributed by atoms with Crippen LogP contribution < -0.4 is 0 Å². The number of halogens is 2. The molecule has 1 N–H and O–H groups in total. The molecule has 0 saturated carbocycles. The zero-order valence-corrected chi connectivity index (χ0v) is 18.4. The second-order valence-electron chi connectivity index (χ2n) is 7.46. The molecule has 0 radical (unpaired) electrons. The van der Waals surface area contributed by atoms with E-state index in [2.05, 4.69) is 0 Å². The van der Waals surface area contributed by atoms with Gasteiger partial charge in [0.1, 0.15) is 11.6 Å². The third-order valence-electron chi connectivity index (χ3n) is 5.54. The van der Waals surface area contributed by atoms with E-state index in [4.69, 9.17) is 16.3 Å². The maximum atomic E-state index is 13.5. The number of esters is 1. The van der Waals surface area contributed by atoms with Gasteiger partial charge in [0, 0.05) is 22.9 Å². The van der Waals surface area contributed by atoms with Gasteiger partial charge in [-0.1, -0.05) is 36.6 Å². The summed E-state index contributed by atoms with van der Waals surface area (Å²) in [7, 11) is 0. The zero-order chi connectivity index (χ0) is 21.6. The molecule has 29 heavy (non-hydrogen) atoms. The van der Waals surface area contributed by atoms with Gasteiger partial charge in [-0.2, -0.15) is 0 Å². The van der Waals surface area contributed by atoms with Crippen LogP contribution in [0.1, 0.15) is 72.8 Å². The summed E-state index contributed by atoms with van der Waals surface area (Å²) in [5.74, 6) is -0.307. The molecular weight excluding hydrogens is 391 g/mol. The van der Waals surface area contributed by atoms with Gasteiger partial charge in [-0.25, -0.2) is 4.39 Å². The molecule has 0 bridgehead atoms. The number of rotatable bonds is 9. The number of carbonyl (C=O) groups excluding carboxylic acids is 1. The van der Waals surface area contributed by atoms with Crippen LogP contribution in [0.25, 0.3) is 0 Å². The van der Waals surface area contributed by atoms with Crippen LogP contribution in [-0.4, -0.2) is 17.7 Å². The van der Waals surface area contributed by atoms with Crippen molar-refractivity contribution in [3.63, 3.8) is 0 Å². The van der Waals surface area contributed by atoms with Gasteiger partial charge in [0.05, 0.1) is 6.61 Å². The molecule has 0 spiro atoms. The van der Waals surface area contributed by atoms with Crippen LogP contribution in [0, 0.1) is 26.6 Å². The van der Waals surface area contributed by atoms with Gasteiger partial charge in [-0.3, -0.25) is 4.79 Å². The van der Waals surface area contributed by atoms with Gasteiger partial charge in [0.25, 0.3) is 0 Å². The predicted molar refractivity (Wildman–Crippen MR) is 115 cm³/mol. The average Bonchev–Trinajstić information content (AvgIpc) is 2.70. The van der Waals surface area contributed by atoms with Crippen LogP contribution >= 0.6 is 11.6 Å². The Morgan fingerprint density at radius 3 is 2.34 bits per heavy atom. The van der Waals surface area contributed by atoms with E-state index in [0.717, 1.165) is 53.5 Å².